The van der Waals surface area contributed by atoms with Crippen LogP contribution in [0.25, 0.3) is 0 Å². The van der Waals surface area contributed by atoms with Crippen molar-refractivity contribution in [3.63, 3.8) is 0 Å². The third kappa shape index (κ3) is 2.51. The van der Waals surface area contributed by atoms with E-state index in [0.717, 1.165) is 0 Å². The Bertz CT molecular complexity index is 374. The lowest BCUT2D eigenvalue weighted by atomic mass is 10.1. The molecule has 0 heterocycles. The van der Waals surface area contributed by atoms with Crippen molar-refractivity contribution >= 4 is 33.3 Å². The van der Waals surface area contributed by atoms with Crippen molar-refractivity contribution in [3.05, 3.63) is 34.3 Å². The smallest absolute Gasteiger partial charge is 0.286 e. The average molecular weight is 283 g/mol. The van der Waals surface area contributed by atoms with Gasteiger partial charge < -0.3 is 0 Å². The quantitative estimate of drug-likeness (QED) is 0.596. The zero-order valence-electron chi connectivity index (χ0n) is 7.15. The highest BCUT2D eigenvalue weighted by Gasteiger charge is 2.35. The van der Waals surface area contributed by atoms with Crippen molar-refractivity contribution in [1.29, 1.82) is 0 Å². The van der Waals surface area contributed by atoms with E-state index in [4.69, 9.17) is 11.6 Å². The lowest BCUT2D eigenvalue weighted by Gasteiger charge is -2.07. The van der Waals surface area contributed by atoms with Crippen molar-refractivity contribution in [2.75, 3.05) is 0 Å². The van der Waals surface area contributed by atoms with Crippen molar-refractivity contribution in [1.82, 2.24) is 0 Å². The molecule has 14 heavy (non-hydrogen) atoms. The molecule has 0 atom stereocenters. The monoisotopic (exact) mass is 282 g/mol. The van der Waals surface area contributed by atoms with Gasteiger partial charge in [0.1, 0.15) is 0 Å². The topological polar surface area (TPSA) is 17.1 Å². The fourth-order valence-electron chi connectivity index (χ4n) is 0.950. The van der Waals surface area contributed by atoms with Gasteiger partial charge in [0, 0.05) is 10.6 Å². The third-order valence-electron chi connectivity index (χ3n) is 1.68. The van der Waals surface area contributed by atoms with E-state index >= 15 is 0 Å². The number of carbonyl (C=O) groups excluding carboxylic acids is 1. The summed E-state index contributed by atoms with van der Waals surface area (Å²) in [6.07, 6.45) is 0. The third-order valence-corrected chi connectivity index (χ3v) is 2.46. The standard InChI is InChI=1S/C9H6BrClF2O/c1-5-4-6(2-3-7(5)11)8(14)9(10,12)13/h2-4H,1H3. The van der Waals surface area contributed by atoms with Crippen LogP contribution in [0.2, 0.25) is 5.02 Å². The maximum absolute atomic E-state index is 12.6. The number of alkyl halides is 3. The van der Waals surface area contributed by atoms with Crippen LogP contribution in [0.4, 0.5) is 8.78 Å². The van der Waals surface area contributed by atoms with Crippen molar-refractivity contribution in [2.45, 2.75) is 11.8 Å². The van der Waals surface area contributed by atoms with E-state index in [-0.39, 0.29) is 5.56 Å². The predicted octanol–water partition coefficient (Wildman–Crippen LogP) is 3.82. The van der Waals surface area contributed by atoms with Crippen LogP contribution in [0.3, 0.4) is 0 Å². The number of halogens is 4. The van der Waals surface area contributed by atoms with Crippen LogP contribution >= 0.6 is 27.5 Å². The molecule has 0 N–H and O–H groups in total. The van der Waals surface area contributed by atoms with Crippen molar-refractivity contribution in [3.8, 4) is 0 Å². The van der Waals surface area contributed by atoms with E-state index in [1.54, 1.807) is 6.92 Å². The minimum absolute atomic E-state index is 0.0613. The Morgan fingerprint density at radius 2 is 2.07 bits per heavy atom. The van der Waals surface area contributed by atoms with E-state index in [0.29, 0.717) is 10.6 Å². The molecule has 0 aliphatic carbocycles. The zero-order valence-corrected chi connectivity index (χ0v) is 9.49. The number of hydrogen-bond acceptors (Lipinski definition) is 1. The predicted molar refractivity (Wildman–Crippen MR) is 54.4 cm³/mol. The number of carbonyl (C=O) groups is 1. The molecule has 1 rings (SSSR count). The Balaban J connectivity index is 3.10. The van der Waals surface area contributed by atoms with E-state index < -0.39 is 10.6 Å². The molecule has 0 bridgehead atoms. The number of hydrogen-bond donors (Lipinski definition) is 0. The van der Waals surface area contributed by atoms with Crippen molar-refractivity contribution in [2.24, 2.45) is 0 Å². The Labute approximate surface area is 93.2 Å². The van der Waals surface area contributed by atoms with E-state index in [1.807, 2.05) is 15.9 Å². The molecule has 0 spiro atoms. The first kappa shape index (κ1) is 11.6. The van der Waals surface area contributed by atoms with E-state index in [1.165, 1.54) is 18.2 Å². The van der Waals surface area contributed by atoms with Crippen LogP contribution in [-0.2, 0) is 0 Å². The first-order chi connectivity index (χ1) is 6.32. The molecule has 1 aromatic carbocycles. The molecule has 0 amide bonds. The summed E-state index contributed by atoms with van der Waals surface area (Å²) in [6.45, 7) is 1.64. The van der Waals surface area contributed by atoms with E-state index in [9.17, 15) is 13.6 Å². The van der Waals surface area contributed by atoms with Crippen LogP contribution in [0.15, 0.2) is 18.2 Å². The van der Waals surface area contributed by atoms with Gasteiger partial charge in [-0.15, -0.1) is 0 Å². The van der Waals surface area contributed by atoms with Gasteiger partial charge in [-0.05, 0) is 46.6 Å². The summed E-state index contributed by atoms with van der Waals surface area (Å²) < 4.78 is 25.1. The molecule has 0 saturated heterocycles. The fraction of sp³-hybridized carbons (Fsp3) is 0.222. The fourth-order valence-corrected chi connectivity index (χ4v) is 1.30. The number of benzene rings is 1. The van der Waals surface area contributed by atoms with Gasteiger partial charge in [0.25, 0.3) is 0 Å². The number of Topliss-reactive ketones (excluding diaryl/α,β-unsaturated/α-hetero) is 1. The summed E-state index contributed by atoms with van der Waals surface area (Å²) in [6, 6.07) is 4.02. The van der Waals surface area contributed by atoms with Gasteiger partial charge in [0.05, 0.1) is 0 Å². The van der Waals surface area contributed by atoms with Gasteiger partial charge in [-0.3, -0.25) is 4.79 Å². The minimum atomic E-state index is -3.52. The maximum Gasteiger partial charge on any atom is 0.363 e. The van der Waals surface area contributed by atoms with E-state index in [2.05, 4.69) is 0 Å². The van der Waals surface area contributed by atoms with Crippen LogP contribution in [0.1, 0.15) is 15.9 Å². The first-order valence-corrected chi connectivity index (χ1v) is 4.87. The molecular formula is C9H6BrClF2O. The van der Waals surface area contributed by atoms with Crippen LogP contribution in [-0.4, -0.2) is 10.6 Å². The molecule has 0 aliphatic heterocycles. The second kappa shape index (κ2) is 3.95. The molecule has 5 heteroatoms. The maximum atomic E-state index is 12.6. The lowest BCUT2D eigenvalue weighted by Crippen LogP contribution is -2.20. The molecule has 0 radical (unpaired) electrons. The first-order valence-electron chi connectivity index (χ1n) is 3.70. The highest BCUT2D eigenvalue weighted by Crippen LogP contribution is 2.28. The molecule has 0 aliphatic rings. The lowest BCUT2D eigenvalue weighted by molar-refractivity contribution is 0.0592. The van der Waals surface area contributed by atoms with Gasteiger partial charge in [-0.25, -0.2) is 0 Å². The average Bonchev–Trinajstić information content (AvgIpc) is 2.07. The molecule has 0 unspecified atom stereocenters. The molecule has 0 aromatic heterocycles. The Morgan fingerprint density at radius 3 is 2.50 bits per heavy atom. The van der Waals surface area contributed by atoms with Gasteiger partial charge >= 0.3 is 4.83 Å². The summed E-state index contributed by atoms with van der Waals surface area (Å²) in [7, 11) is 0. The molecule has 76 valence electrons. The van der Waals surface area contributed by atoms with Gasteiger partial charge in [0.15, 0.2) is 0 Å². The Morgan fingerprint density at radius 1 is 1.50 bits per heavy atom. The summed E-state index contributed by atoms with van der Waals surface area (Å²) in [4.78, 5) is 7.57. The molecule has 1 nitrogen and oxygen atoms in total. The normalized spacial score (nSPS) is 11.5. The Kier molecular flexibility index (Phi) is 3.27. The summed E-state index contributed by atoms with van der Waals surface area (Å²) in [5, 5.41) is 0.444. The molecule has 1 aromatic rings. The van der Waals surface area contributed by atoms with Gasteiger partial charge in [0.2, 0.25) is 5.78 Å². The highest BCUT2D eigenvalue weighted by molar-refractivity contribution is 9.10. The second-order valence-corrected chi connectivity index (χ2v) is 4.19. The Hall–Kier alpha value is -0.480. The highest BCUT2D eigenvalue weighted by atomic mass is 79.9. The zero-order chi connectivity index (χ0) is 10.9. The molecule has 0 saturated carbocycles. The molecule has 0 fully saturated rings. The summed E-state index contributed by atoms with van der Waals surface area (Å²) >= 11 is 7.70. The van der Waals surface area contributed by atoms with Crippen LogP contribution < -0.4 is 0 Å². The summed E-state index contributed by atoms with van der Waals surface area (Å²) in [5.74, 6) is -1.27. The van der Waals surface area contributed by atoms with Gasteiger partial charge in [-0.2, -0.15) is 8.78 Å². The second-order valence-electron chi connectivity index (χ2n) is 2.79. The van der Waals surface area contributed by atoms with Gasteiger partial charge in [-0.1, -0.05) is 11.6 Å². The molecular weight excluding hydrogens is 277 g/mol. The largest absolute Gasteiger partial charge is 0.363 e. The van der Waals surface area contributed by atoms with Crippen LogP contribution in [0, 0.1) is 6.92 Å². The number of aryl methyl sites for hydroxylation is 1. The minimum Gasteiger partial charge on any atom is -0.286 e. The number of ketones is 1. The summed E-state index contributed by atoms with van der Waals surface area (Å²) in [5.41, 5.74) is 0.531. The SMILES string of the molecule is Cc1cc(C(=O)C(F)(F)Br)ccc1Cl. The number of rotatable bonds is 2. The van der Waals surface area contributed by atoms with Crippen LogP contribution in [0.5, 0.6) is 0 Å². The van der Waals surface area contributed by atoms with Crippen molar-refractivity contribution < 1.29 is 13.6 Å².